The van der Waals surface area contributed by atoms with E-state index in [0.29, 0.717) is 16.8 Å². The van der Waals surface area contributed by atoms with Gasteiger partial charge in [0, 0.05) is 24.0 Å². The van der Waals surface area contributed by atoms with Crippen molar-refractivity contribution in [2.24, 2.45) is 0 Å². The highest BCUT2D eigenvalue weighted by atomic mass is 16.5. The molecule has 1 fully saturated rings. The Bertz CT molecular complexity index is 618. The molecule has 2 aromatic heterocycles. The molecule has 0 aliphatic heterocycles. The van der Waals surface area contributed by atoms with Crippen LogP contribution in [0.1, 0.15) is 42.5 Å². The summed E-state index contributed by atoms with van der Waals surface area (Å²) >= 11 is 0. The summed E-state index contributed by atoms with van der Waals surface area (Å²) in [5, 5.41) is 6.93. The third kappa shape index (κ3) is 2.89. The van der Waals surface area contributed by atoms with Gasteiger partial charge in [-0.2, -0.15) is 0 Å². The molecule has 1 amide bonds. The van der Waals surface area contributed by atoms with E-state index in [1.54, 1.807) is 18.5 Å². The quantitative estimate of drug-likeness (QED) is 0.903. The fourth-order valence-corrected chi connectivity index (χ4v) is 2.73. The molecule has 3 rings (SSSR count). The fourth-order valence-electron chi connectivity index (χ4n) is 2.73. The topological polar surface area (TPSA) is 94.0 Å². The summed E-state index contributed by atoms with van der Waals surface area (Å²) in [6.45, 7) is 0. The lowest BCUT2D eigenvalue weighted by atomic mass is 9.95. The van der Waals surface area contributed by atoms with Crippen molar-refractivity contribution >= 4 is 11.8 Å². The molecule has 2 heterocycles. The second-order valence-corrected chi connectivity index (χ2v) is 5.32. The Morgan fingerprint density at radius 3 is 2.86 bits per heavy atom. The smallest absolute Gasteiger partial charge is 0.259 e. The summed E-state index contributed by atoms with van der Waals surface area (Å²) in [6.07, 6.45) is 8.86. The Hall–Kier alpha value is -2.37. The van der Waals surface area contributed by atoms with Crippen molar-refractivity contribution in [2.75, 3.05) is 5.73 Å². The molecule has 6 nitrogen and oxygen atoms in total. The second kappa shape index (κ2) is 5.95. The highest BCUT2D eigenvalue weighted by Crippen LogP contribution is 2.27. The largest absolute Gasteiger partial charge is 0.367 e. The molecule has 6 heteroatoms. The van der Waals surface area contributed by atoms with Crippen molar-refractivity contribution in [1.29, 1.82) is 0 Å². The van der Waals surface area contributed by atoms with E-state index in [0.717, 1.165) is 25.7 Å². The molecule has 0 aromatic carbocycles. The third-order valence-electron chi connectivity index (χ3n) is 3.82. The van der Waals surface area contributed by atoms with Crippen LogP contribution in [-0.2, 0) is 0 Å². The van der Waals surface area contributed by atoms with Gasteiger partial charge in [0.1, 0.15) is 11.3 Å². The third-order valence-corrected chi connectivity index (χ3v) is 3.82. The van der Waals surface area contributed by atoms with Gasteiger partial charge in [-0.3, -0.25) is 9.78 Å². The van der Waals surface area contributed by atoms with Gasteiger partial charge in [-0.1, -0.05) is 24.4 Å². The standard InChI is InChI=1S/C15H18N4O2/c16-14-12(15(20)18-11-6-2-1-3-7-11)13(19-21-14)10-5-4-8-17-9-10/h4-5,8-9,11H,1-3,6-7,16H2,(H,18,20). The lowest BCUT2D eigenvalue weighted by Gasteiger charge is -2.22. The average molecular weight is 286 g/mol. The Morgan fingerprint density at radius 1 is 1.33 bits per heavy atom. The maximum atomic E-state index is 12.5. The molecule has 21 heavy (non-hydrogen) atoms. The average Bonchev–Trinajstić information content (AvgIpc) is 2.91. The van der Waals surface area contributed by atoms with Crippen LogP contribution in [0.15, 0.2) is 29.0 Å². The van der Waals surface area contributed by atoms with Crippen molar-refractivity contribution in [1.82, 2.24) is 15.5 Å². The highest BCUT2D eigenvalue weighted by molar-refractivity contribution is 6.03. The van der Waals surface area contributed by atoms with Crippen molar-refractivity contribution in [3.05, 3.63) is 30.1 Å². The molecule has 0 spiro atoms. The molecule has 110 valence electrons. The molecule has 0 bridgehead atoms. The van der Waals surface area contributed by atoms with E-state index in [2.05, 4.69) is 15.5 Å². The number of hydrogen-bond donors (Lipinski definition) is 2. The molecule has 3 N–H and O–H groups in total. The van der Waals surface area contributed by atoms with Gasteiger partial charge in [-0.05, 0) is 25.0 Å². The number of hydrogen-bond acceptors (Lipinski definition) is 5. The first kappa shape index (κ1) is 13.6. The maximum absolute atomic E-state index is 12.5. The summed E-state index contributed by atoms with van der Waals surface area (Å²) < 4.78 is 5.00. The normalized spacial score (nSPS) is 15.8. The number of aromatic nitrogens is 2. The molecule has 0 unspecified atom stereocenters. The molecular formula is C15H18N4O2. The molecule has 1 saturated carbocycles. The van der Waals surface area contributed by atoms with E-state index in [1.807, 2.05) is 6.07 Å². The van der Waals surface area contributed by atoms with E-state index in [4.69, 9.17) is 10.3 Å². The summed E-state index contributed by atoms with van der Waals surface area (Å²) in [4.78, 5) is 16.5. The predicted molar refractivity (Wildman–Crippen MR) is 78.5 cm³/mol. The summed E-state index contributed by atoms with van der Waals surface area (Å²) in [6, 6.07) is 3.81. The van der Waals surface area contributed by atoms with Gasteiger partial charge < -0.3 is 15.6 Å². The minimum Gasteiger partial charge on any atom is -0.367 e. The monoisotopic (exact) mass is 286 g/mol. The van der Waals surface area contributed by atoms with Crippen molar-refractivity contribution in [3.63, 3.8) is 0 Å². The molecule has 1 aliphatic carbocycles. The van der Waals surface area contributed by atoms with Crippen molar-refractivity contribution < 1.29 is 9.32 Å². The van der Waals surface area contributed by atoms with Gasteiger partial charge in [-0.25, -0.2) is 0 Å². The molecule has 0 saturated heterocycles. The van der Waals surface area contributed by atoms with Crippen LogP contribution in [-0.4, -0.2) is 22.1 Å². The highest BCUT2D eigenvalue weighted by Gasteiger charge is 2.25. The van der Waals surface area contributed by atoms with E-state index < -0.39 is 0 Å². The zero-order chi connectivity index (χ0) is 14.7. The van der Waals surface area contributed by atoms with Crippen LogP contribution in [0.2, 0.25) is 0 Å². The number of anilines is 1. The minimum atomic E-state index is -0.223. The number of nitrogens with one attached hydrogen (secondary N) is 1. The first-order chi connectivity index (χ1) is 10.3. The van der Waals surface area contributed by atoms with Crippen molar-refractivity contribution in [2.45, 2.75) is 38.1 Å². The van der Waals surface area contributed by atoms with Gasteiger partial charge >= 0.3 is 0 Å². The zero-order valence-electron chi connectivity index (χ0n) is 11.7. The summed E-state index contributed by atoms with van der Waals surface area (Å²) in [5.41, 5.74) is 7.23. The Balaban J connectivity index is 1.84. The number of carbonyl (C=O) groups is 1. The second-order valence-electron chi connectivity index (χ2n) is 5.32. The number of carbonyl (C=O) groups excluding carboxylic acids is 1. The van der Waals surface area contributed by atoms with Crippen LogP contribution in [0, 0.1) is 0 Å². The summed E-state index contributed by atoms with van der Waals surface area (Å²) in [7, 11) is 0. The van der Waals surface area contributed by atoms with Crippen LogP contribution in [0.3, 0.4) is 0 Å². The SMILES string of the molecule is Nc1onc(-c2cccnc2)c1C(=O)NC1CCCCC1. The van der Waals surface area contributed by atoms with Crippen LogP contribution < -0.4 is 11.1 Å². The van der Waals surface area contributed by atoms with E-state index in [-0.39, 0.29) is 17.8 Å². The minimum absolute atomic E-state index is 0.0437. The van der Waals surface area contributed by atoms with Gasteiger partial charge in [-0.15, -0.1) is 0 Å². The van der Waals surface area contributed by atoms with E-state index in [1.165, 1.54) is 6.42 Å². The van der Waals surface area contributed by atoms with E-state index >= 15 is 0 Å². The molecule has 2 aromatic rings. The van der Waals surface area contributed by atoms with E-state index in [9.17, 15) is 4.79 Å². The lowest BCUT2D eigenvalue weighted by molar-refractivity contribution is 0.0929. The van der Waals surface area contributed by atoms with Crippen LogP contribution >= 0.6 is 0 Å². The van der Waals surface area contributed by atoms with Gasteiger partial charge in [0.15, 0.2) is 0 Å². The Morgan fingerprint density at radius 2 is 2.14 bits per heavy atom. The van der Waals surface area contributed by atoms with Crippen molar-refractivity contribution in [3.8, 4) is 11.3 Å². The number of amides is 1. The summed E-state index contributed by atoms with van der Waals surface area (Å²) in [5.74, 6) is -0.179. The van der Waals surface area contributed by atoms with Crippen LogP contribution in [0.5, 0.6) is 0 Å². The molecule has 0 atom stereocenters. The molecule has 0 radical (unpaired) electrons. The van der Waals surface area contributed by atoms with Gasteiger partial charge in [0.05, 0.1) is 0 Å². The first-order valence-electron chi connectivity index (χ1n) is 7.22. The van der Waals surface area contributed by atoms with Gasteiger partial charge in [0.2, 0.25) is 5.88 Å². The number of nitrogens with zero attached hydrogens (tertiary/aromatic N) is 2. The molecule has 1 aliphatic rings. The number of rotatable bonds is 3. The molecular weight excluding hydrogens is 268 g/mol. The van der Waals surface area contributed by atoms with Crippen LogP contribution in [0.25, 0.3) is 11.3 Å². The van der Waals surface area contributed by atoms with Crippen LogP contribution in [0.4, 0.5) is 5.88 Å². The number of pyridine rings is 1. The zero-order valence-corrected chi connectivity index (χ0v) is 11.7. The first-order valence-corrected chi connectivity index (χ1v) is 7.22. The maximum Gasteiger partial charge on any atom is 0.259 e. The number of nitrogen functional groups attached to an aromatic ring is 1. The Kier molecular flexibility index (Phi) is 3.85. The lowest BCUT2D eigenvalue weighted by Crippen LogP contribution is -2.36. The van der Waals surface area contributed by atoms with Gasteiger partial charge in [0.25, 0.3) is 5.91 Å². The predicted octanol–water partition coefficient (Wildman–Crippen LogP) is 2.38. The Labute approximate surface area is 122 Å². The fraction of sp³-hybridized carbons (Fsp3) is 0.400. The number of nitrogens with two attached hydrogens (primary N) is 1.